The summed E-state index contributed by atoms with van der Waals surface area (Å²) in [6.45, 7) is 0.979. The molecule has 1 aliphatic heterocycles. The van der Waals surface area contributed by atoms with Crippen LogP contribution in [0.2, 0.25) is 0 Å². The molecule has 2 aromatic rings. The number of benzene rings is 2. The second kappa shape index (κ2) is 8.72. The second-order valence-corrected chi connectivity index (χ2v) is 5.87. The number of hydrogen-bond donors (Lipinski definition) is 2. The lowest BCUT2D eigenvalue weighted by Gasteiger charge is -2.06. The Balaban J connectivity index is 1.47. The van der Waals surface area contributed by atoms with E-state index in [4.69, 9.17) is 9.47 Å². The van der Waals surface area contributed by atoms with Crippen molar-refractivity contribution in [2.45, 2.75) is 13.0 Å². The molecule has 0 bridgehead atoms. The van der Waals surface area contributed by atoms with Gasteiger partial charge >= 0.3 is 0 Å². The predicted octanol–water partition coefficient (Wildman–Crippen LogP) is 2.41. The summed E-state index contributed by atoms with van der Waals surface area (Å²) in [5.41, 5.74) is 1.78. The van der Waals surface area contributed by atoms with E-state index >= 15 is 0 Å². The van der Waals surface area contributed by atoms with Crippen LogP contribution in [0, 0.1) is 17.1 Å². The third-order valence-corrected chi connectivity index (χ3v) is 3.97. The highest BCUT2D eigenvalue weighted by atomic mass is 19.1. The quantitative estimate of drug-likeness (QED) is 0.446. The number of nitriles is 1. The van der Waals surface area contributed by atoms with Gasteiger partial charge in [-0.05, 0) is 41.8 Å². The van der Waals surface area contributed by atoms with E-state index in [0.29, 0.717) is 24.5 Å². The van der Waals surface area contributed by atoms with Crippen molar-refractivity contribution in [3.8, 4) is 17.6 Å². The molecular formula is C20H18FN3O3. The first kappa shape index (κ1) is 18.3. The number of ether oxygens (including phenoxy) is 2. The Labute approximate surface area is 156 Å². The van der Waals surface area contributed by atoms with Crippen molar-refractivity contribution >= 4 is 5.91 Å². The summed E-state index contributed by atoms with van der Waals surface area (Å²) in [4.78, 5) is 12.1. The highest BCUT2D eigenvalue weighted by molar-refractivity contribution is 5.97. The summed E-state index contributed by atoms with van der Waals surface area (Å²) in [6.07, 6.45) is 2.03. The summed E-state index contributed by atoms with van der Waals surface area (Å²) in [5, 5.41) is 14.8. The Bertz CT molecular complexity index is 888. The molecule has 0 unspecified atom stereocenters. The van der Waals surface area contributed by atoms with Gasteiger partial charge in [-0.2, -0.15) is 5.26 Å². The third-order valence-electron chi connectivity index (χ3n) is 3.97. The number of nitrogens with one attached hydrogen (secondary N) is 2. The minimum atomic E-state index is -0.468. The number of carbonyl (C=O) groups is 1. The molecule has 0 aromatic heterocycles. The molecule has 0 spiro atoms. The van der Waals surface area contributed by atoms with E-state index in [0.717, 1.165) is 11.1 Å². The Kier molecular flexibility index (Phi) is 5.90. The van der Waals surface area contributed by atoms with E-state index in [9.17, 15) is 14.4 Å². The van der Waals surface area contributed by atoms with Crippen LogP contribution in [0.5, 0.6) is 11.5 Å². The summed E-state index contributed by atoms with van der Waals surface area (Å²) >= 11 is 0. The van der Waals surface area contributed by atoms with Crippen LogP contribution in [0.3, 0.4) is 0 Å². The van der Waals surface area contributed by atoms with Gasteiger partial charge in [-0.1, -0.05) is 18.2 Å². The number of nitrogens with zero attached hydrogens (tertiary/aromatic N) is 1. The average molecular weight is 367 g/mol. The molecule has 1 amide bonds. The standard InChI is InChI=1S/C20H18FN3O3/c21-17-4-1-14(2-5-17)7-8-23-12-16(10-22)20(25)24-11-15-3-6-18-19(9-15)27-13-26-18/h1-6,9,12,23H,7-8,11,13H2,(H,24,25)/b16-12-. The average Bonchev–Trinajstić information content (AvgIpc) is 3.15. The molecule has 0 aliphatic carbocycles. The van der Waals surface area contributed by atoms with Crippen LogP contribution in [0.25, 0.3) is 0 Å². The number of amides is 1. The number of carbonyl (C=O) groups excluding carboxylic acids is 1. The first-order chi connectivity index (χ1) is 13.2. The van der Waals surface area contributed by atoms with Gasteiger partial charge in [0, 0.05) is 19.3 Å². The molecule has 7 heteroatoms. The van der Waals surface area contributed by atoms with Gasteiger partial charge in [0.25, 0.3) is 5.91 Å². The molecule has 0 radical (unpaired) electrons. The van der Waals surface area contributed by atoms with Crippen molar-refractivity contribution < 1.29 is 18.7 Å². The summed E-state index contributed by atoms with van der Waals surface area (Å²) in [6, 6.07) is 13.5. The first-order valence-electron chi connectivity index (χ1n) is 8.40. The number of halogens is 1. The van der Waals surface area contributed by atoms with E-state index in [-0.39, 0.29) is 24.7 Å². The van der Waals surface area contributed by atoms with Crippen molar-refractivity contribution in [2.24, 2.45) is 0 Å². The second-order valence-electron chi connectivity index (χ2n) is 5.87. The number of fused-ring (bicyclic) bond motifs is 1. The van der Waals surface area contributed by atoms with Crippen LogP contribution in [0.15, 0.2) is 54.2 Å². The first-order valence-corrected chi connectivity index (χ1v) is 8.40. The summed E-state index contributed by atoms with van der Waals surface area (Å²) in [5.74, 6) is 0.565. The van der Waals surface area contributed by atoms with Gasteiger partial charge in [-0.25, -0.2) is 4.39 Å². The maximum absolute atomic E-state index is 12.9. The fourth-order valence-electron chi connectivity index (χ4n) is 2.52. The molecule has 138 valence electrons. The molecule has 2 N–H and O–H groups in total. The SMILES string of the molecule is N#C/C(=C/NCCc1ccc(F)cc1)C(=O)NCc1ccc2c(c1)OCO2. The molecule has 0 atom stereocenters. The monoisotopic (exact) mass is 367 g/mol. The largest absolute Gasteiger partial charge is 0.454 e. The minimum Gasteiger partial charge on any atom is -0.454 e. The molecule has 27 heavy (non-hydrogen) atoms. The van der Waals surface area contributed by atoms with Crippen LogP contribution < -0.4 is 20.1 Å². The molecule has 1 aliphatic rings. The lowest BCUT2D eigenvalue weighted by Crippen LogP contribution is -2.25. The number of hydrogen-bond acceptors (Lipinski definition) is 5. The van der Waals surface area contributed by atoms with Crippen LogP contribution in [-0.4, -0.2) is 19.2 Å². The Morgan fingerprint density at radius 1 is 1.15 bits per heavy atom. The van der Waals surface area contributed by atoms with Crippen molar-refractivity contribution in [3.63, 3.8) is 0 Å². The van der Waals surface area contributed by atoms with E-state index in [1.807, 2.05) is 12.1 Å². The van der Waals surface area contributed by atoms with Gasteiger partial charge in [-0.3, -0.25) is 4.79 Å². The summed E-state index contributed by atoms with van der Waals surface area (Å²) < 4.78 is 23.4. The van der Waals surface area contributed by atoms with E-state index < -0.39 is 5.91 Å². The Hall–Kier alpha value is -3.53. The molecule has 6 nitrogen and oxygen atoms in total. The van der Waals surface area contributed by atoms with E-state index in [1.54, 1.807) is 24.3 Å². The maximum atomic E-state index is 12.9. The van der Waals surface area contributed by atoms with Crippen LogP contribution in [0.4, 0.5) is 4.39 Å². The van der Waals surface area contributed by atoms with E-state index in [1.165, 1.54) is 18.3 Å². The molecule has 0 saturated carbocycles. The third kappa shape index (κ3) is 4.98. The highest BCUT2D eigenvalue weighted by Gasteiger charge is 2.14. The molecule has 1 heterocycles. The van der Waals surface area contributed by atoms with Gasteiger partial charge < -0.3 is 20.1 Å². The number of rotatable bonds is 7. The van der Waals surface area contributed by atoms with Crippen LogP contribution >= 0.6 is 0 Å². The van der Waals surface area contributed by atoms with Gasteiger partial charge in [0.1, 0.15) is 17.5 Å². The van der Waals surface area contributed by atoms with Gasteiger partial charge in [-0.15, -0.1) is 0 Å². The fourth-order valence-corrected chi connectivity index (χ4v) is 2.52. The molecule has 0 fully saturated rings. The minimum absolute atomic E-state index is 0.0187. The summed E-state index contributed by atoms with van der Waals surface area (Å²) in [7, 11) is 0. The van der Waals surface area contributed by atoms with Crippen LogP contribution in [-0.2, 0) is 17.8 Å². The zero-order valence-electron chi connectivity index (χ0n) is 14.5. The van der Waals surface area contributed by atoms with Crippen molar-refractivity contribution in [3.05, 3.63) is 71.2 Å². The van der Waals surface area contributed by atoms with Crippen molar-refractivity contribution in [1.82, 2.24) is 10.6 Å². The van der Waals surface area contributed by atoms with Gasteiger partial charge in [0.05, 0.1) is 0 Å². The van der Waals surface area contributed by atoms with Gasteiger partial charge in [0.15, 0.2) is 11.5 Å². The lowest BCUT2D eigenvalue weighted by molar-refractivity contribution is -0.117. The molecular weight excluding hydrogens is 349 g/mol. The molecule has 3 rings (SSSR count). The lowest BCUT2D eigenvalue weighted by atomic mass is 10.1. The van der Waals surface area contributed by atoms with Crippen molar-refractivity contribution in [2.75, 3.05) is 13.3 Å². The van der Waals surface area contributed by atoms with Crippen LogP contribution in [0.1, 0.15) is 11.1 Å². The normalized spacial score (nSPS) is 12.4. The zero-order chi connectivity index (χ0) is 19.1. The van der Waals surface area contributed by atoms with Gasteiger partial charge in [0.2, 0.25) is 6.79 Å². The highest BCUT2D eigenvalue weighted by Crippen LogP contribution is 2.32. The predicted molar refractivity (Wildman–Crippen MR) is 96.2 cm³/mol. The Morgan fingerprint density at radius 3 is 2.67 bits per heavy atom. The molecule has 2 aromatic carbocycles. The molecule has 0 saturated heterocycles. The smallest absolute Gasteiger partial charge is 0.263 e. The fraction of sp³-hybridized carbons (Fsp3) is 0.200. The topological polar surface area (TPSA) is 83.4 Å². The Morgan fingerprint density at radius 2 is 1.89 bits per heavy atom. The van der Waals surface area contributed by atoms with Crippen molar-refractivity contribution in [1.29, 1.82) is 5.26 Å². The van der Waals surface area contributed by atoms with E-state index in [2.05, 4.69) is 10.6 Å². The maximum Gasteiger partial charge on any atom is 0.263 e. The zero-order valence-corrected chi connectivity index (χ0v) is 14.5.